The summed E-state index contributed by atoms with van der Waals surface area (Å²) in [6.45, 7) is 9.02. The van der Waals surface area contributed by atoms with E-state index >= 15 is 0 Å². The largest absolute Gasteiger partial charge is 0.109 e. The van der Waals surface area contributed by atoms with Gasteiger partial charge in [-0.05, 0) is 25.9 Å². The first-order valence-electron chi connectivity index (χ1n) is 3.63. The van der Waals surface area contributed by atoms with E-state index in [0.29, 0.717) is 0 Å². The van der Waals surface area contributed by atoms with E-state index in [2.05, 4.69) is 27.4 Å². The van der Waals surface area contributed by atoms with Gasteiger partial charge in [-0.25, -0.2) is 0 Å². The van der Waals surface area contributed by atoms with Gasteiger partial charge in [-0.3, -0.25) is 0 Å². The fraction of sp³-hybridized carbons (Fsp3) is 0.875. The van der Waals surface area contributed by atoms with E-state index in [1.807, 2.05) is 0 Å². The molecule has 0 saturated carbocycles. The number of rotatable bonds is 3. The van der Waals surface area contributed by atoms with Crippen molar-refractivity contribution in [2.45, 2.75) is 33.6 Å². The van der Waals surface area contributed by atoms with Crippen LogP contribution in [0.2, 0.25) is 0 Å². The first-order chi connectivity index (χ1) is 4.20. The molecule has 0 aliphatic rings. The molecule has 0 fully saturated rings. The quantitative estimate of drug-likeness (QED) is 0.533. The Morgan fingerprint density at radius 3 is 2.44 bits per heavy atom. The molecule has 0 spiro atoms. The van der Waals surface area contributed by atoms with Gasteiger partial charge in [-0.2, -0.15) is 0 Å². The third kappa shape index (κ3) is 4.66. The SMILES string of the molecule is CCC(C)CC(C)=PC. The minimum absolute atomic E-state index is 0.887. The van der Waals surface area contributed by atoms with Crippen LogP contribution in [0, 0.1) is 5.92 Å². The van der Waals surface area contributed by atoms with Crippen LogP contribution in [0.3, 0.4) is 0 Å². The van der Waals surface area contributed by atoms with Crippen LogP contribution in [0.15, 0.2) is 0 Å². The highest BCUT2D eigenvalue weighted by molar-refractivity contribution is 7.39. The van der Waals surface area contributed by atoms with Crippen molar-refractivity contribution in [3.05, 3.63) is 0 Å². The highest BCUT2D eigenvalue weighted by Crippen LogP contribution is 2.10. The molecule has 0 aromatic carbocycles. The maximum atomic E-state index is 2.31. The minimum atomic E-state index is 0.887. The molecule has 0 radical (unpaired) electrons. The fourth-order valence-corrected chi connectivity index (χ4v) is 1.23. The average molecular weight is 144 g/mol. The van der Waals surface area contributed by atoms with Gasteiger partial charge in [0.15, 0.2) is 0 Å². The molecule has 1 unspecified atom stereocenters. The van der Waals surface area contributed by atoms with Gasteiger partial charge in [-0.15, -0.1) is 8.20 Å². The Balaban J connectivity index is 3.47. The van der Waals surface area contributed by atoms with E-state index < -0.39 is 0 Å². The van der Waals surface area contributed by atoms with Gasteiger partial charge in [0.25, 0.3) is 0 Å². The Labute approximate surface area is 60.5 Å². The molecular formula is C8H17P. The van der Waals surface area contributed by atoms with Crippen LogP contribution in [-0.4, -0.2) is 12.0 Å². The summed E-state index contributed by atoms with van der Waals surface area (Å²) in [6, 6.07) is 0. The normalized spacial score (nSPS) is 15.8. The molecule has 0 aromatic rings. The Bertz CT molecular complexity index is 94.7. The first kappa shape index (κ1) is 9.17. The summed E-state index contributed by atoms with van der Waals surface area (Å²) in [7, 11) is 1.46. The van der Waals surface area contributed by atoms with Gasteiger partial charge >= 0.3 is 0 Å². The monoisotopic (exact) mass is 144 g/mol. The third-order valence-electron chi connectivity index (χ3n) is 1.72. The summed E-state index contributed by atoms with van der Waals surface area (Å²) >= 11 is 0. The highest BCUT2D eigenvalue weighted by atomic mass is 31.1. The lowest BCUT2D eigenvalue weighted by molar-refractivity contribution is 0.589. The van der Waals surface area contributed by atoms with Crippen LogP contribution in [-0.2, 0) is 0 Å². The van der Waals surface area contributed by atoms with Crippen LogP contribution in [0.1, 0.15) is 33.6 Å². The molecule has 1 heteroatoms. The van der Waals surface area contributed by atoms with E-state index in [-0.39, 0.29) is 0 Å². The molecule has 0 bridgehead atoms. The molecule has 54 valence electrons. The zero-order chi connectivity index (χ0) is 7.28. The molecule has 0 nitrogen and oxygen atoms in total. The third-order valence-corrected chi connectivity index (χ3v) is 2.67. The van der Waals surface area contributed by atoms with Gasteiger partial charge in [-0.1, -0.05) is 25.6 Å². The fourth-order valence-electron chi connectivity index (χ4n) is 0.740. The van der Waals surface area contributed by atoms with Crippen molar-refractivity contribution >= 4 is 13.5 Å². The number of hydrogen-bond donors (Lipinski definition) is 0. The molecule has 0 N–H and O–H groups in total. The second-order valence-corrected chi connectivity index (χ2v) is 3.89. The predicted molar refractivity (Wildman–Crippen MR) is 47.6 cm³/mol. The molecule has 0 saturated heterocycles. The summed E-state index contributed by atoms with van der Waals surface area (Å²) in [5.41, 5.74) is 0. The lowest BCUT2D eigenvalue weighted by Crippen LogP contribution is -1.97. The van der Waals surface area contributed by atoms with Crippen molar-refractivity contribution in [3.63, 3.8) is 0 Å². The van der Waals surface area contributed by atoms with Crippen LogP contribution >= 0.6 is 8.20 Å². The maximum absolute atomic E-state index is 2.31. The maximum Gasteiger partial charge on any atom is -0.0224 e. The summed E-state index contributed by atoms with van der Waals surface area (Å²) in [6.07, 6.45) is 2.63. The van der Waals surface area contributed by atoms with Gasteiger partial charge in [0.05, 0.1) is 0 Å². The van der Waals surface area contributed by atoms with Crippen molar-refractivity contribution in [2.75, 3.05) is 6.66 Å². The van der Waals surface area contributed by atoms with Crippen molar-refractivity contribution in [3.8, 4) is 0 Å². The topological polar surface area (TPSA) is 0 Å². The Morgan fingerprint density at radius 2 is 2.11 bits per heavy atom. The van der Waals surface area contributed by atoms with E-state index in [4.69, 9.17) is 0 Å². The lowest BCUT2D eigenvalue weighted by atomic mass is 10.0. The molecule has 0 rings (SSSR count). The second-order valence-electron chi connectivity index (χ2n) is 2.68. The Hall–Kier alpha value is 0.170. The molecule has 0 aliphatic heterocycles. The molecule has 0 aliphatic carbocycles. The first-order valence-corrected chi connectivity index (χ1v) is 4.97. The van der Waals surface area contributed by atoms with Gasteiger partial charge in [0.2, 0.25) is 0 Å². The second kappa shape index (κ2) is 4.99. The molecule has 9 heavy (non-hydrogen) atoms. The van der Waals surface area contributed by atoms with Gasteiger partial charge < -0.3 is 0 Å². The zero-order valence-corrected chi connectivity index (χ0v) is 7.83. The lowest BCUT2D eigenvalue weighted by Gasteiger charge is -2.06. The Morgan fingerprint density at radius 1 is 1.56 bits per heavy atom. The van der Waals surface area contributed by atoms with Crippen molar-refractivity contribution in [1.82, 2.24) is 0 Å². The summed E-state index contributed by atoms with van der Waals surface area (Å²) in [4.78, 5) is 0. The summed E-state index contributed by atoms with van der Waals surface area (Å²) < 4.78 is 0. The molecular weight excluding hydrogens is 127 g/mol. The van der Waals surface area contributed by atoms with Crippen molar-refractivity contribution in [1.29, 1.82) is 0 Å². The summed E-state index contributed by atoms with van der Waals surface area (Å²) in [5, 5.41) is 1.62. The molecule has 0 aromatic heterocycles. The molecule has 0 amide bonds. The van der Waals surface area contributed by atoms with Crippen LogP contribution < -0.4 is 0 Å². The Kier molecular flexibility index (Phi) is 5.09. The predicted octanol–water partition coefficient (Wildman–Crippen LogP) is 3.19. The van der Waals surface area contributed by atoms with Crippen LogP contribution in [0.5, 0.6) is 0 Å². The summed E-state index contributed by atoms with van der Waals surface area (Å²) in [5.74, 6) is 0.887. The standard InChI is InChI=1S/C8H17P/c1-5-7(2)6-8(3)9-4/h7H,5-6H2,1-4H3. The minimum Gasteiger partial charge on any atom is -0.109 e. The van der Waals surface area contributed by atoms with Crippen LogP contribution in [0.25, 0.3) is 0 Å². The van der Waals surface area contributed by atoms with E-state index in [1.54, 1.807) is 5.29 Å². The van der Waals surface area contributed by atoms with Gasteiger partial charge in [0.1, 0.15) is 0 Å². The van der Waals surface area contributed by atoms with E-state index in [0.717, 1.165) is 5.92 Å². The molecule has 1 atom stereocenters. The smallest absolute Gasteiger partial charge is 0.0224 e. The van der Waals surface area contributed by atoms with Gasteiger partial charge in [0, 0.05) is 0 Å². The van der Waals surface area contributed by atoms with Crippen LogP contribution in [0.4, 0.5) is 0 Å². The zero-order valence-electron chi connectivity index (χ0n) is 6.94. The van der Waals surface area contributed by atoms with Crippen molar-refractivity contribution in [2.24, 2.45) is 5.92 Å². The van der Waals surface area contributed by atoms with E-state index in [1.165, 1.54) is 21.0 Å². The average Bonchev–Trinajstić information content (AvgIpc) is 1.87. The molecule has 0 heterocycles. The highest BCUT2D eigenvalue weighted by Gasteiger charge is 1.97. The van der Waals surface area contributed by atoms with E-state index in [9.17, 15) is 0 Å². The van der Waals surface area contributed by atoms with Crippen molar-refractivity contribution < 1.29 is 0 Å². The number of hydrogen-bond acceptors (Lipinski definition) is 0.